The van der Waals surface area contributed by atoms with Gasteiger partial charge in [-0.1, -0.05) is 23.2 Å². The number of nitrogens with zero attached hydrogens (tertiary/aromatic N) is 2. The minimum absolute atomic E-state index is 0.487. The first kappa shape index (κ1) is 12.4. The molecule has 1 aromatic carbocycles. The summed E-state index contributed by atoms with van der Waals surface area (Å²) >= 11 is 15.5. The maximum absolute atomic E-state index is 6.08. The number of halogens is 3. The normalized spacial score (nSPS) is 14.8. The fourth-order valence-electron chi connectivity index (χ4n) is 1.79. The molecule has 18 heavy (non-hydrogen) atoms. The topological polar surface area (TPSA) is 25.8 Å². The summed E-state index contributed by atoms with van der Waals surface area (Å²) in [5.41, 5.74) is 1.91. The van der Waals surface area contributed by atoms with Gasteiger partial charge in [0.05, 0.1) is 5.02 Å². The summed E-state index contributed by atoms with van der Waals surface area (Å²) in [6.07, 6.45) is 2.38. The van der Waals surface area contributed by atoms with Crippen molar-refractivity contribution in [2.75, 3.05) is 0 Å². The van der Waals surface area contributed by atoms with Crippen molar-refractivity contribution in [3.63, 3.8) is 0 Å². The van der Waals surface area contributed by atoms with E-state index in [-0.39, 0.29) is 0 Å². The van der Waals surface area contributed by atoms with Crippen LogP contribution < -0.4 is 0 Å². The molecular weight excluding hydrogens is 335 g/mol. The van der Waals surface area contributed by atoms with Crippen LogP contribution in [-0.4, -0.2) is 9.97 Å². The lowest BCUT2D eigenvalue weighted by Gasteiger charge is -2.05. The lowest BCUT2D eigenvalue weighted by Crippen LogP contribution is -1.95. The van der Waals surface area contributed by atoms with E-state index >= 15 is 0 Å². The monoisotopic (exact) mass is 342 g/mol. The molecular formula is C13H9BrCl2N2. The summed E-state index contributed by atoms with van der Waals surface area (Å²) in [5, 5.41) is 1.13. The lowest BCUT2D eigenvalue weighted by molar-refractivity contribution is 0.994. The van der Waals surface area contributed by atoms with Crippen LogP contribution in [-0.2, 0) is 0 Å². The van der Waals surface area contributed by atoms with Crippen LogP contribution in [0.3, 0.4) is 0 Å². The Morgan fingerprint density at radius 2 is 1.89 bits per heavy atom. The Bertz CT molecular complexity index is 612. The molecule has 2 aromatic rings. The molecule has 1 aliphatic rings. The van der Waals surface area contributed by atoms with Crippen LogP contribution in [0.2, 0.25) is 10.2 Å². The minimum atomic E-state index is 0.487. The zero-order valence-corrected chi connectivity index (χ0v) is 12.4. The highest BCUT2D eigenvalue weighted by atomic mass is 79.9. The summed E-state index contributed by atoms with van der Waals surface area (Å²) < 4.78 is 0.859. The molecule has 92 valence electrons. The van der Waals surface area contributed by atoms with Crippen molar-refractivity contribution in [2.24, 2.45) is 0 Å². The van der Waals surface area contributed by atoms with Gasteiger partial charge in [0.2, 0.25) is 0 Å². The quantitative estimate of drug-likeness (QED) is 0.709. The molecule has 2 nitrogen and oxygen atoms in total. The molecule has 0 saturated heterocycles. The maximum atomic E-state index is 6.08. The Morgan fingerprint density at radius 1 is 1.11 bits per heavy atom. The van der Waals surface area contributed by atoms with Crippen LogP contribution in [0.1, 0.15) is 24.5 Å². The fraction of sp³-hybridized carbons (Fsp3) is 0.231. The number of aromatic nitrogens is 2. The molecule has 1 heterocycles. The molecule has 5 heteroatoms. The summed E-state index contributed by atoms with van der Waals surface area (Å²) in [7, 11) is 0. The van der Waals surface area contributed by atoms with Crippen LogP contribution in [0.25, 0.3) is 11.4 Å². The molecule has 0 atom stereocenters. The van der Waals surface area contributed by atoms with Gasteiger partial charge in [-0.2, -0.15) is 0 Å². The molecule has 1 fully saturated rings. The molecule has 0 aliphatic heterocycles. The molecule has 0 N–H and O–H groups in total. The van der Waals surface area contributed by atoms with Crippen molar-refractivity contribution in [3.8, 4) is 11.4 Å². The molecule has 3 rings (SSSR count). The summed E-state index contributed by atoms with van der Waals surface area (Å²) in [6, 6.07) is 7.51. The van der Waals surface area contributed by atoms with E-state index in [9.17, 15) is 0 Å². The van der Waals surface area contributed by atoms with Crippen molar-refractivity contribution in [3.05, 3.63) is 44.6 Å². The Labute approximate surface area is 123 Å². The zero-order chi connectivity index (χ0) is 12.7. The van der Waals surface area contributed by atoms with Crippen molar-refractivity contribution >= 4 is 39.1 Å². The highest BCUT2D eigenvalue weighted by Gasteiger charge is 2.26. The largest absolute Gasteiger partial charge is 0.233 e. The average Bonchev–Trinajstić information content (AvgIpc) is 3.16. The van der Waals surface area contributed by atoms with Crippen LogP contribution in [0.4, 0.5) is 0 Å². The predicted molar refractivity (Wildman–Crippen MR) is 77.2 cm³/mol. The molecule has 1 aromatic heterocycles. The van der Waals surface area contributed by atoms with Gasteiger partial charge in [-0.05, 0) is 53.0 Å². The van der Waals surface area contributed by atoms with Crippen LogP contribution in [0.15, 0.2) is 28.7 Å². The van der Waals surface area contributed by atoms with E-state index in [1.54, 1.807) is 0 Å². The van der Waals surface area contributed by atoms with Gasteiger partial charge in [-0.25, -0.2) is 9.97 Å². The highest BCUT2D eigenvalue weighted by molar-refractivity contribution is 9.10. The molecule has 0 unspecified atom stereocenters. The van der Waals surface area contributed by atoms with E-state index in [1.807, 2.05) is 24.3 Å². The minimum Gasteiger partial charge on any atom is -0.233 e. The van der Waals surface area contributed by atoms with Gasteiger partial charge >= 0.3 is 0 Å². The third kappa shape index (κ3) is 2.53. The standard InChI is InChI=1S/C13H9BrCl2N2/c14-9-4-3-8(5-10(9)15)13-17-11(7-1-2-7)6-12(16)18-13/h3-7H,1-2H2. The fourth-order valence-corrected chi connectivity index (χ4v) is 2.41. The summed E-state index contributed by atoms with van der Waals surface area (Å²) in [5.74, 6) is 1.19. The second-order valence-corrected chi connectivity index (χ2v) is 5.99. The first-order chi connectivity index (χ1) is 8.63. The molecule has 0 bridgehead atoms. The summed E-state index contributed by atoms with van der Waals surface area (Å²) in [6.45, 7) is 0. The smallest absolute Gasteiger partial charge is 0.161 e. The Balaban J connectivity index is 2.07. The Hall–Kier alpha value is -0.640. The summed E-state index contributed by atoms with van der Waals surface area (Å²) in [4.78, 5) is 8.83. The van der Waals surface area contributed by atoms with Gasteiger partial charge < -0.3 is 0 Å². The molecule has 0 spiro atoms. The number of hydrogen-bond acceptors (Lipinski definition) is 2. The van der Waals surface area contributed by atoms with Gasteiger partial charge in [0.1, 0.15) is 5.15 Å². The first-order valence-electron chi connectivity index (χ1n) is 5.63. The maximum Gasteiger partial charge on any atom is 0.161 e. The van der Waals surface area contributed by atoms with E-state index in [4.69, 9.17) is 23.2 Å². The molecule has 0 amide bonds. The number of benzene rings is 1. The second-order valence-electron chi connectivity index (χ2n) is 4.34. The van der Waals surface area contributed by atoms with E-state index < -0.39 is 0 Å². The van der Waals surface area contributed by atoms with Gasteiger partial charge in [-0.3, -0.25) is 0 Å². The van der Waals surface area contributed by atoms with Crippen molar-refractivity contribution in [2.45, 2.75) is 18.8 Å². The van der Waals surface area contributed by atoms with E-state index in [1.165, 1.54) is 12.8 Å². The zero-order valence-electron chi connectivity index (χ0n) is 9.33. The Kier molecular flexibility index (Phi) is 3.31. The molecule has 0 radical (unpaired) electrons. The first-order valence-corrected chi connectivity index (χ1v) is 7.18. The predicted octanol–water partition coefficient (Wildman–Crippen LogP) is 5.09. The van der Waals surface area contributed by atoms with E-state index in [0.29, 0.717) is 21.9 Å². The van der Waals surface area contributed by atoms with Gasteiger partial charge in [0, 0.05) is 21.6 Å². The number of hydrogen-bond donors (Lipinski definition) is 0. The van der Waals surface area contributed by atoms with Gasteiger partial charge in [-0.15, -0.1) is 0 Å². The SMILES string of the molecule is Clc1cc(C2CC2)nc(-c2ccc(Br)c(Cl)c2)n1. The Morgan fingerprint density at radius 3 is 2.56 bits per heavy atom. The third-order valence-electron chi connectivity index (χ3n) is 2.89. The van der Waals surface area contributed by atoms with Crippen LogP contribution >= 0.6 is 39.1 Å². The van der Waals surface area contributed by atoms with Gasteiger partial charge in [0.25, 0.3) is 0 Å². The van der Waals surface area contributed by atoms with Crippen LogP contribution in [0.5, 0.6) is 0 Å². The van der Waals surface area contributed by atoms with E-state index in [0.717, 1.165) is 15.7 Å². The number of rotatable bonds is 2. The third-order valence-corrected chi connectivity index (χ3v) is 4.31. The average molecular weight is 344 g/mol. The van der Waals surface area contributed by atoms with Crippen molar-refractivity contribution in [1.29, 1.82) is 0 Å². The molecule has 1 aliphatic carbocycles. The van der Waals surface area contributed by atoms with E-state index in [2.05, 4.69) is 25.9 Å². The van der Waals surface area contributed by atoms with Crippen molar-refractivity contribution in [1.82, 2.24) is 9.97 Å². The van der Waals surface area contributed by atoms with Crippen LogP contribution in [0, 0.1) is 0 Å². The lowest BCUT2D eigenvalue weighted by atomic mass is 10.2. The molecule has 1 saturated carbocycles. The van der Waals surface area contributed by atoms with Gasteiger partial charge in [0.15, 0.2) is 5.82 Å². The highest BCUT2D eigenvalue weighted by Crippen LogP contribution is 2.40. The second kappa shape index (κ2) is 4.80. The van der Waals surface area contributed by atoms with Crippen molar-refractivity contribution < 1.29 is 0 Å².